The minimum atomic E-state index is 0. The molecular weight excluding hydrogens is 226 g/mol. The van der Waals surface area contributed by atoms with Gasteiger partial charge in [0.2, 0.25) is 0 Å². The Morgan fingerprint density at radius 2 is 2.12 bits per heavy atom. The molecule has 3 N–H and O–H groups in total. The van der Waals surface area contributed by atoms with Crippen LogP contribution in [0.4, 0.5) is 0 Å². The third kappa shape index (κ3) is 2.42. The molecule has 0 radical (unpaired) electrons. The maximum atomic E-state index is 9.46. The van der Waals surface area contributed by atoms with E-state index < -0.39 is 0 Å². The van der Waals surface area contributed by atoms with Gasteiger partial charge in [-0.25, -0.2) is 0 Å². The third-order valence-corrected chi connectivity index (χ3v) is 3.25. The number of benzene rings is 1. The molecule has 0 amide bonds. The lowest BCUT2D eigenvalue weighted by atomic mass is 9.77. The predicted molar refractivity (Wildman–Crippen MR) is 66.2 cm³/mol. The minimum Gasteiger partial charge on any atom is -0.504 e. The van der Waals surface area contributed by atoms with Gasteiger partial charge in [-0.2, -0.15) is 0 Å². The first-order chi connectivity index (χ1) is 7.22. The van der Waals surface area contributed by atoms with Crippen molar-refractivity contribution in [2.45, 2.75) is 25.3 Å². The number of nitrogens with two attached hydrogens (primary N) is 1. The fourth-order valence-electron chi connectivity index (χ4n) is 1.97. The molecule has 0 unspecified atom stereocenters. The number of aromatic hydroxyl groups is 1. The average Bonchev–Trinajstić information content (AvgIpc) is 2.15. The number of phenols is 1. The molecule has 1 fully saturated rings. The Morgan fingerprint density at radius 3 is 2.62 bits per heavy atom. The van der Waals surface area contributed by atoms with Crippen LogP contribution >= 0.6 is 12.4 Å². The van der Waals surface area contributed by atoms with Crippen molar-refractivity contribution in [2.75, 3.05) is 7.11 Å². The van der Waals surface area contributed by atoms with Crippen LogP contribution in [0, 0.1) is 5.92 Å². The van der Waals surface area contributed by atoms with Gasteiger partial charge in [-0.15, -0.1) is 12.4 Å². The van der Waals surface area contributed by atoms with E-state index in [0.29, 0.717) is 11.7 Å². The summed E-state index contributed by atoms with van der Waals surface area (Å²) in [4.78, 5) is 0. The maximum absolute atomic E-state index is 9.46. The van der Waals surface area contributed by atoms with Crippen LogP contribution in [0.15, 0.2) is 18.2 Å². The van der Waals surface area contributed by atoms with Crippen LogP contribution in [0.2, 0.25) is 0 Å². The first-order valence-electron chi connectivity index (χ1n) is 5.35. The van der Waals surface area contributed by atoms with Gasteiger partial charge in [0.1, 0.15) is 0 Å². The fourth-order valence-corrected chi connectivity index (χ4v) is 1.97. The number of hydrogen-bond donors (Lipinski definition) is 2. The number of rotatable bonds is 3. The molecule has 0 bridgehead atoms. The van der Waals surface area contributed by atoms with Crippen LogP contribution in [-0.4, -0.2) is 12.2 Å². The van der Waals surface area contributed by atoms with Crippen molar-refractivity contribution in [3.8, 4) is 11.5 Å². The third-order valence-electron chi connectivity index (χ3n) is 3.25. The number of hydrogen-bond acceptors (Lipinski definition) is 3. The molecule has 0 spiro atoms. The van der Waals surface area contributed by atoms with Crippen molar-refractivity contribution in [1.82, 2.24) is 0 Å². The van der Waals surface area contributed by atoms with Crippen molar-refractivity contribution >= 4 is 12.4 Å². The quantitative estimate of drug-likeness (QED) is 0.858. The summed E-state index contributed by atoms with van der Waals surface area (Å²) in [6.45, 7) is 0. The molecule has 16 heavy (non-hydrogen) atoms. The van der Waals surface area contributed by atoms with E-state index in [1.165, 1.54) is 19.3 Å². The zero-order chi connectivity index (χ0) is 10.8. The van der Waals surface area contributed by atoms with Crippen LogP contribution in [0.25, 0.3) is 0 Å². The van der Waals surface area contributed by atoms with Crippen molar-refractivity contribution < 1.29 is 9.84 Å². The second-order valence-electron chi connectivity index (χ2n) is 4.15. The molecular formula is C12H18ClNO2. The second kappa shape index (κ2) is 5.41. The number of phenolic OH excluding ortho intramolecular Hbond substituents is 1. The zero-order valence-corrected chi connectivity index (χ0v) is 10.2. The average molecular weight is 244 g/mol. The van der Waals surface area contributed by atoms with E-state index in [0.717, 1.165) is 5.56 Å². The highest BCUT2D eigenvalue weighted by Crippen LogP contribution is 2.38. The van der Waals surface area contributed by atoms with Crippen LogP contribution < -0.4 is 10.5 Å². The summed E-state index contributed by atoms with van der Waals surface area (Å²) in [6, 6.07) is 5.43. The summed E-state index contributed by atoms with van der Waals surface area (Å²) in [5.74, 6) is 1.27. The number of halogens is 1. The van der Waals surface area contributed by atoms with Crippen LogP contribution in [-0.2, 0) is 0 Å². The van der Waals surface area contributed by atoms with Gasteiger partial charge in [0.15, 0.2) is 11.5 Å². The Bertz CT molecular complexity index is 353. The molecule has 1 aromatic rings. The summed E-state index contributed by atoms with van der Waals surface area (Å²) in [5, 5.41) is 9.46. The van der Waals surface area contributed by atoms with E-state index in [9.17, 15) is 5.11 Å². The lowest BCUT2D eigenvalue weighted by Gasteiger charge is -2.31. The van der Waals surface area contributed by atoms with Crippen LogP contribution in [0.1, 0.15) is 30.9 Å². The topological polar surface area (TPSA) is 55.5 Å². The van der Waals surface area contributed by atoms with Crippen molar-refractivity contribution in [2.24, 2.45) is 11.7 Å². The van der Waals surface area contributed by atoms with Gasteiger partial charge in [-0.3, -0.25) is 0 Å². The molecule has 0 aromatic heterocycles. The summed E-state index contributed by atoms with van der Waals surface area (Å²) in [6.07, 6.45) is 3.71. The first kappa shape index (κ1) is 13.1. The Kier molecular flexibility index (Phi) is 4.44. The Balaban J connectivity index is 0.00000128. The Morgan fingerprint density at radius 1 is 1.44 bits per heavy atom. The predicted octanol–water partition coefficient (Wildman–Crippen LogP) is 2.62. The van der Waals surface area contributed by atoms with Crippen molar-refractivity contribution in [1.29, 1.82) is 0 Å². The number of methoxy groups -OCH3 is 1. The van der Waals surface area contributed by atoms with Crippen LogP contribution in [0.3, 0.4) is 0 Å². The van der Waals surface area contributed by atoms with E-state index in [1.54, 1.807) is 13.2 Å². The van der Waals surface area contributed by atoms with Gasteiger partial charge < -0.3 is 15.6 Å². The maximum Gasteiger partial charge on any atom is 0.160 e. The van der Waals surface area contributed by atoms with Crippen LogP contribution in [0.5, 0.6) is 11.5 Å². The molecule has 0 heterocycles. The molecule has 1 aliphatic rings. The lowest BCUT2D eigenvalue weighted by Crippen LogP contribution is -2.26. The molecule has 90 valence electrons. The lowest BCUT2D eigenvalue weighted by molar-refractivity contribution is 0.263. The first-order valence-corrected chi connectivity index (χ1v) is 5.35. The normalized spacial score (nSPS) is 17.1. The molecule has 1 atom stereocenters. The van der Waals surface area contributed by atoms with Gasteiger partial charge in [0, 0.05) is 6.04 Å². The van der Waals surface area contributed by atoms with Gasteiger partial charge >= 0.3 is 0 Å². The minimum absolute atomic E-state index is 0. The zero-order valence-electron chi connectivity index (χ0n) is 9.35. The molecule has 4 heteroatoms. The van der Waals surface area contributed by atoms with E-state index in [2.05, 4.69) is 0 Å². The van der Waals surface area contributed by atoms with Crippen molar-refractivity contribution in [3.05, 3.63) is 23.8 Å². The van der Waals surface area contributed by atoms with Gasteiger partial charge in [0.05, 0.1) is 7.11 Å². The highest BCUT2D eigenvalue weighted by Gasteiger charge is 2.25. The molecule has 1 saturated carbocycles. The summed E-state index contributed by atoms with van der Waals surface area (Å²) < 4.78 is 5.06. The summed E-state index contributed by atoms with van der Waals surface area (Å²) >= 11 is 0. The molecule has 0 aliphatic heterocycles. The summed E-state index contributed by atoms with van der Waals surface area (Å²) in [5.41, 5.74) is 7.19. The van der Waals surface area contributed by atoms with Gasteiger partial charge in [-0.05, 0) is 36.5 Å². The van der Waals surface area contributed by atoms with Gasteiger partial charge in [-0.1, -0.05) is 12.5 Å². The largest absolute Gasteiger partial charge is 0.504 e. The van der Waals surface area contributed by atoms with E-state index in [1.807, 2.05) is 12.1 Å². The highest BCUT2D eigenvalue weighted by molar-refractivity contribution is 5.85. The molecule has 2 rings (SSSR count). The van der Waals surface area contributed by atoms with Gasteiger partial charge in [0.25, 0.3) is 0 Å². The molecule has 3 nitrogen and oxygen atoms in total. The Labute approximate surface area is 102 Å². The SMILES string of the molecule is COc1cc([C@H](N)C2CCC2)ccc1O.Cl. The smallest absolute Gasteiger partial charge is 0.160 e. The molecule has 1 aromatic carbocycles. The standard InChI is InChI=1S/C12H17NO2.ClH/c1-15-11-7-9(5-6-10(11)14)12(13)8-3-2-4-8;/h5-8,12,14H,2-4,13H2,1H3;1H/t12-;/m1./s1. The Hall–Kier alpha value is -0.930. The fraction of sp³-hybridized carbons (Fsp3) is 0.500. The molecule has 1 aliphatic carbocycles. The van der Waals surface area contributed by atoms with Crippen molar-refractivity contribution in [3.63, 3.8) is 0 Å². The summed E-state index contributed by atoms with van der Waals surface area (Å²) in [7, 11) is 1.55. The molecule has 0 saturated heterocycles. The monoisotopic (exact) mass is 243 g/mol. The number of ether oxygens (including phenoxy) is 1. The van der Waals surface area contributed by atoms with E-state index in [-0.39, 0.29) is 24.2 Å². The highest BCUT2D eigenvalue weighted by atomic mass is 35.5. The van der Waals surface area contributed by atoms with E-state index >= 15 is 0 Å². The second-order valence-corrected chi connectivity index (χ2v) is 4.15. The van der Waals surface area contributed by atoms with E-state index in [4.69, 9.17) is 10.5 Å².